The molecule has 0 atom stereocenters. The number of fused-ring (bicyclic) bond motifs is 1. The molecule has 1 N–H and O–H groups in total. The lowest BCUT2D eigenvalue weighted by Crippen LogP contribution is -2.44. The summed E-state index contributed by atoms with van der Waals surface area (Å²) in [7, 11) is 2.10. The molecular weight excluding hydrogens is 435 g/mol. The maximum atomic E-state index is 14.7. The second-order valence-corrected chi connectivity index (χ2v) is 9.32. The lowest BCUT2D eigenvalue weighted by molar-refractivity contribution is 0.311. The number of halogens is 1. The first-order valence-corrected chi connectivity index (χ1v) is 11.6. The van der Waals surface area contributed by atoms with E-state index in [-0.39, 0.29) is 17.7 Å². The summed E-state index contributed by atoms with van der Waals surface area (Å²) in [5.74, 6) is 2.07. The van der Waals surface area contributed by atoms with Crippen LogP contribution < -0.4 is 15.0 Å². The quantitative estimate of drug-likeness (QED) is 0.548. The molecule has 2 aromatic heterocycles. The molecule has 0 amide bonds. The highest BCUT2D eigenvalue weighted by atomic mass is 19.1. The number of likely N-dealkylation sites (N-methyl/N-ethyl adjacent to an activating group) is 1. The van der Waals surface area contributed by atoms with Gasteiger partial charge in [-0.3, -0.25) is 0 Å². The Labute approximate surface area is 198 Å². The van der Waals surface area contributed by atoms with Crippen molar-refractivity contribution in [1.29, 1.82) is 0 Å². The fraction of sp³-hybridized carbons (Fsp3) is 0.400. The number of hydrogen-bond donors (Lipinski definition) is 1. The van der Waals surface area contributed by atoms with Gasteiger partial charge in [-0.15, -0.1) is 0 Å². The summed E-state index contributed by atoms with van der Waals surface area (Å²) in [5, 5.41) is 7.27. The molecule has 8 nitrogen and oxygen atoms in total. The summed E-state index contributed by atoms with van der Waals surface area (Å²) >= 11 is 0. The van der Waals surface area contributed by atoms with E-state index >= 15 is 0 Å². The molecule has 34 heavy (non-hydrogen) atoms. The summed E-state index contributed by atoms with van der Waals surface area (Å²) in [4.78, 5) is 13.6. The van der Waals surface area contributed by atoms with Crippen LogP contribution in [0.5, 0.6) is 11.8 Å². The number of ether oxygens (including phenoxy) is 1. The van der Waals surface area contributed by atoms with E-state index in [1.165, 1.54) is 6.07 Å². The third-order valence-corrected chi connectivity index (χ3v) is 6.16. The van der Waals surface area contributed by atoms with Crippen LogP contribution in [0.4, 0.5) is 21.9 Å². The van der Waals surface area contributed by atoms with Crippen LogP contribution in [0.3, 0.4) is 0 Å². The van der Waals surface area contributed by atoms with Gasteiger partial charge < -0.3 is 24.4 Å². The van der Waals surface area contributed by atoms with Crippen LogP contribution in [0.2, 0.25) is 0 Å². The topological polar surface area (TPSA) is 79.5 Å². The molecule has 0 saturated carbocycles. The molecule has 0 unspecified atom stereocenters. The van der Waals surface area contributed by atoms with Gasteiger partial charge in [0.2, 0.25) is 5.88 Å². The normalized spacial score (nSPS) is 16.1. The fourth-order valence-corrected chi connectivity index (χ4v) is 4.17. The van der Waals surface area contributed by atoms with E-state index < -0.39 is 0 Å². The van der Waals surface area contributed by atoms with Crippen LogP contribution in [-0.4, -0.2) is 53.3 Å². The number of anilines is 3. The van der Waals surface area contributed by atoms with Gasteiger partial charge in [-0.1, -0.05) is 30.7 Å². The van der Waals surface area contributed by atoms with Crippen LogP contribution >= 0.6 is 0 Å². The molecule has 1 aliphatic carbocycles. The number of allylic oxidation sites excluding steroid dienone is 1. The Morgan fingerprint density at radius 2 is 1.88 bits per heavy atom. The summed E-state index contributed by atoms with van der Waals surface area (Å²) in [6, 6.07) is 7.09. The van der Waals surface area contributed by atoms with E-state index in [4.69, 9.17) is 9.26 Å². The number of piperazine rings is 1. The Kier molecular flexibility index (Phi) is 5.95. The minimum absolute atomic E-state index is 0.139. The van der Waals surface area contributed by atoms with Crippen molar-refractivity contribution < 1.29 is 13.7 Å². The molecule has 0 spiro atoms. The number of nitrogens with one attached hydrogen (secondary N) is 1. The monoisotopic (exact) mass is 464 g/mol. The van der Waals surface area contributed by atoms with E-state index in [9.17, 15) is 4.39 Å². The van der Waals surface area contributed by atoms with Crippen molar-refractivity contribution in [3.8, 4) is 11.8 Å². The zero-order chi connectivity index (χ0) is 23.8. The molecule has 1 aliphatic heterocycles. The Balaban J connectivity index is 1.46. The lowest BCUT2D eigenvalue weighted by atomic mass is 10.1. The van der Waals surface area contributed by atoms with Gasteiger partial charge >= 0.3 is 6.01 Å². The van der Waals surface area contributed by atoms with E-state index in [1.807, 2.05) is 31.2 Å². The molecule has 5 rings (SSSR count). The van der Waals surface area contributed by atoms with Gasteiger partial charge in [0.25, 0.3) is 0 Å². The van der Waals surface area contributed by atoms with Crippen molar-refractivity contribution in [3.05, 3.63) is 52.5 Å². The van der Waals surface area contributed by atoms with Crippen molar-refractivity contribution in [2.45, 2.75) is 33.1 Å². The first-order chi connectivity index (χ1) is 16.3. The number of benzene rings is 1. The van der Waals surface area contributed by atoms with Gasteiger partial charge in [0, 0.05) is 44.4 Å². The first kappa shape index (κ1) is 22.3. The molecule has 1 fully saturated rings. The summed E-state index contributed by atoms with van der Waals surface area (Å²) in [5.41, 5.74) is 3.51. The van der Waals surface area contributed by atoms with Crippen LogP contribution in [0.1, 0.15) is 43.5 Å². The molecule has 0 radical (unpaired) electrons. The van der Waals surface area contributed by atoms with Crippen LogP contribution in [0.25, 0.3) is 6.08 Å². The van der Waals surface area contributed by atoms with E-state index in [1.54, 1.807) is 0 Å². The fourth-order valence-electron chi connectivity index (χ4n) is 4.17. The number of hydrogen-bond acceptors (Lipinski definition) is 8. The highest BCUT2D eigenvalue weighted by Crippen LogP contribution is 2.33. The van der Waals surface area contributed by atoms with Crippen molar-refractivity contribution in [2.24, 2.45) is 0 Å². The Hall–Kier alpha value is -3.46. The van der Waals surface area contributed by atoms with E-state index in [0.29, 0.717) is 29.4 Å². The average Bonchev–Trinajstić information content (AvgIpc) is 3.40. The number of rotatable bonds is 6. The molecule has 3 aromatic rings. The zero-order valence-corrected chi connectivity index (χ0v) is 19.9. The van der Waals surface area contributed by atoms with Gasteiger partial charge in [0.1, 0.15) is 23.2 Å². The van der Waals surface area contributed by atoms with Gasteiger partial charge in [0.15, 0.2) is 0 Å². The van der Waals surface area contributed by atoms with Crippen molar-refractivity contribution >= 4 is 23.6 Å². The summed E-state index contributed by atoms with van der Waals surface area (Å²) in [6.45, 7) is 9.64. The van der Waals surface area contributed by atoms with Gasteiger partial charge in [0.05, 0.1) is 5.69 Å². The minimum atomic E-state index is -0.281. The highest BCUT2D eigenvalue weighted by molar-refractivity contribution is 5.65. The lowest BCUT2D eigenvalue weighted by Gasteiger charge is -2.33. The maximum absolute atomic E-state index is 14.7. The Morgan fingerprint density at radius 3 is 2.62 bits per heavy atom. The van der Waals surface area contributed by atoms with Gasteiger partial charge in [-0.2, -0.15) is 9.97 Å². The molecule has 0 bridgehead atoms. The van der Waals surface area contributed by atoms with Gasteiger partial charge in [-0.25, -0.2) is 4.39 Å². The predicted octanol–water partition coefficient (Wildman–Crippen LogP) is 4.97. The number of nitrogens with zero attached hydrogens (tertiary/aromatic N) is 5. The third kappa shape index (κ3) is 4.75. The minimum Gasteiger partial charge on any atom is -0.424 e. The molecule has 178 valence electrons. The molecule has 9 heteroatoms. The molecular formula is C25H29FN6O2. The average molecular weight is 465 g/mol. The van der Waals surface area contributed by atoms with Gasteiger partial charge in [-0.05, 0) is 43.5 Å². The smallest absolute Gasteiger partial charge is 0.325 e. The van der Waals surface area contributed by atoms with Crippen molar-refractivity contribution in [2.75, 3.05) is 43.4 Å². The van der Waals surface area contributed by atoms with Crippen molar-refractivity contribution in [3.63, 3.8) is 0 Å². The van der Waals surface area contributed by atoms with E-state index in [0.717, 1.165) is 48.8 Å². The highest BCUT2D eigenvalue weighted by Gasteiger charge is 2.20. The zero-order valence-electron chi connectivity index (χ0n) is 19.9. The van der Waals surface area contributed by atoms with Crippen LogP contribution in [0.15, 0.2) is 34.4 Å². The first-order valence-electron chi connectivity index (χ1n) is 11.6. The predicted molar refractivity (Wildman–Crippen MR) is 129 cm³/mol. The van der Waals surface area contributed by atoms with E-state index in [2.05, 4.69) is 51.1 Å². The molecule has 1 aromatic carbocycles. The van der Waals surface area contributed by atoms with Crippen molar-refractivity contribution in [1.82, 2.24) is 20.0 Å². The Morgan fingerprint density at radius 1 is 1.09 bits per heavy atom. The number of aromatic nitrogens is 3. The molecule has 2 aliphatic rings. The molecule has 1 saturated heterocycles. The largest absolute Gasteiger partial charge is 0.424 e. The second kappa shape index (κ2) is 9.06. The summed E-state index contributed by atoms with van der Waals surface area (Å²) < 4.78 is 26.1. The van der Waals surface area contributed by atoms with Crippen LogP contribution in [-0.2, 0) is 6.42 Å². The molecule has 3 heterocycles. The maximum Gasteiger partial charge on any atom is 0.325 e. The van der Waals surface area contributed by atoms with Crippen LogP contribution in [0, 0.1) is 5.82 Å². The second-order valence-electron chi connectivity index (χ2n) is 9.32. The Bertz CT molecular complexity index is 1230. The SMILES string of the molecule is CC1=Cc2cc(Oc3nc(Nc4cc(C(C)C)no4)cc(N4CCN(C)CC4)n3)cc(F)c2C1. The third-order valence-electron chi connectivity index (χ3n) is 6.16. The summed E-state index contributed by atoms with van der Waals surface area (Å²) in [6.07, 6.45) is 2.61. The standard InChI is InChI=1S/C25H29FN6O2/c1-15(2)21-13-24(34-30-21)27-22-14-23(32-7-5-31(4)6-8-32)29-25(28-22)33-18-11-17-9-16(3)10-19(17)20(26)12-18/h9,11-15H,5-8,10H2,1-4H3,(H,27,28,29).